The molecular weight excluding hydrogens is 536 g/mol. The van der Waals surface area contributed by atoms with Crippen LogP contribution in [0.3, 0.4) is 0 Å². The summed E-state index contributed by atoms with van der Waals surface area (Å²) in [5, 5.41) is 35.6. The second kappa shape index (κ2) is 8.62. The van der Waals surface area contributed by atoms with E-state index in [1.165, 1.54) is 6.21 Å². The van der Waals surface area contributed by atoms with Crippen molar-refractivity contribution in [2.75, 3.05) is 7.11 Å². The van der Waals surface area contributed by atoms with Gasteiger partial charge < -0.3 is 29.9 Å². The second-order valence-electron chi connectivity index (χ2n) is 10.3. The number of oxime groups is 1. The lowest BCUT2D eigenvalue weighted by atomic mass is 9.78. The predicted molar refractivity (Wildman–Crippen MR) is 147 cm³/mol. The average Bonchev–Trinajstić information content (AvgIpc) is 3.40. The molecule has 12 heteroatoms. The van der Waals surface area contributed by atoms with Crippen molar-refractivity contribution in [1.82, 2.24) is 4.98 Å². The highest BCUT2D eigenvalue weighted by Crippen LogP contribution is 2.54. The molecule has 1 spiro atoms. The van der Waals surface area contributed by atoms with Crippen molar-refractivity contribution < 1.29 is 24.9 Å². The predicted octanol–water partition coefficient (Wildman–Crippen LogP) is -0.727. The van der Waals surface area contributed by atoms with Crippen LogP contribution >= 0.6 is 0 Å². The number of benzene rings is 1. The summed E-state index contributed by atoms with van der Waals surface area (Å²) in [6.45, 7) is 3.56. The number of aliphatic hydroxyl groups excluding tert-OH is 2. The van der Waals surface area contributed by atoms with E-state index in [9.17, 15) is 39.3 Å². The minimum atomic E-state index is -1.96. The van der Waals surface area contributed by atoms with Crippen molar-refractivity contribution in [3.05, 3.63) is 107 Å². The number of nitrogens with one attached hydrogen (secondary N) is 1. The molecule has 1 atom stereocenters. The molecule has 0 fully saturated rings. The van der Waals surface area contributed by atoms with Gasteiger partial charge in [0.2, 0.25) is 16.3 Å². The van der Waals surface area contributed by atoms with Gasteiger partial charge in [-0.1, -0.05) is 11.2 Å². The molecule has 41 heavy (non-hydrogen) atoms. The van der Waals surface area contributed by atoms with Gasteiger partial charge >= 0.3 is 0 Å². The first kappa shape index (κ1) is 26.0. The van der Waals surface area contributed by atoms with Crippen molar-refractivity contribution in [2.24, 2.45) is 5.16 Å². The van der Waals surface area contributed by atoms with Crippen molar-refractivity contribution in [3.8, 4) is 11.5 Å². The molecule has 0 aliphatic heterocycles. The number of ether oxygens (including phenoxy) is 1. The van der Waals surface area contributed by atoms with Crippen LogP contribution in [0, 0.1) is 10.4 Å². The van der Waals surface area contributed by atoms with E-state index in [1.54, 1.807) is 26.0 Å². The number of aliphatic hydroxyl groups is 2. The van der Waals surface area contributed by atoms with E-state index in [0.717, 1.165) is 13.2 Å². The maximum Gasteiger partial charge on any atom is 0.260 e. The molecule has 0 unspecified atom stereocenters. The largest absolute Gasteiger partial charge is 0.510 e. The Morgan fingerprint density at radius 2 is 1.59 bits per heavy atom. The van der Waals surface area contributed by atoms with E-state index >= 15 is 0 Å². The fourth-order valence-electron chi connectivity index (χ4n) is 6.05. The van der Waals surface area contributed by atoms with E-state index in [4.69, 9.17) is 9.57 Å². The molecule has 208 valence electrons. The van der Waals surface area contributed by atoms with Gasteiger partial charge in [0.15, 0.2) is 11.2 Å². The number of aryl methyl sites for hydroxylation is 1. The smallest absolute Gasteiger partial charge is 0.260 e. The lowest BCUT2D eigenvalue weighted by Gasteiger charge is -2.27. The summed E-state index contributed by atoms with van der Waals surface area (Å²) >= 11 is 0. The first-order valence-corrected chi connectivity index (χ1v) is 12.6. The maximum atomic E-state index is 13.6. The minimum absolute atomic E-state index is 0.0589. The van der Waals surface area contributed by atoms with Crippen LogP contribution < -0.4 is 42.4 Å². The summed E-state index contributed by atoms with van der Waals surface area (Å²) < 4.78 is 4.89. The summed E-state index contributed by atoms with van der Waals surface area (Å²) in [6.07, 6.45) is 1.21. The van der Waals surface area contributed by atoms with Gasteiger partial charge in [0.1, 0.15) is 28.8 Å². The number of rotatable bonds is 4. The summed E-state index contributed by atoms with van der Waals surface area (Å²) in [5.74, 6) is -2.53. The van der Waals surface area contributed by atoms with Crippen LogP contribution in [-0.4, -0.2) is 39.7 Å². The van der Waals surface area contributed by atoms with Gasteiger partial charge in [0, 0.05) is 11.6 Å². The number of aromatic amines is 1. The van der Waals surface area contributed by atoms with Crippen LogP contribution in [-0.2, 0) is 16.7 Å². The third-order valence-electron chi connectivity index (χ3n) is 7.74. The monoisotopic (exact) mass is 558 g/mol. The fraction of sp³-hybridized carbons (Fsp3) is 0.241. The van der Waals surface area contributed by atoms with Gasteiger partial charge in [-0.15, -0.1) is 0 Å². The Kier molecular flexibility index (Phi) is 5.46. The fourth-order valence-corrected chi connectivity index (χ4v) is 6.05. The van der Waals surface area contributed by atoms with E-state index in [2.05, 4.69) is 10.1 Å². The SMILES string of the molecule is COc1cc(=O)c2c(=O)c3c(c(=O)c=2c1=O)=C(O)[C@]1(CCc2cc4cc(C=NOC(C)C)[nH]c(=O)c4c(O)c21)C=3O. The molecule has 2 aromatic rings. The molecule has 4 aliphatic rings. The molecule has 4 N–H and O–H groups in total. The number of phenols is 1. The molecule has 6 rings (SSSR count). The molecule has 4 aliphatic carbocycles. The number of H-pyrrole nitrogens is 1. The molecule has 1 aromatic carbocycles. The zero-order valence-electron chi connectivity index (χ0n) is 21.9. The van der Waals surface area contributed by atoms with Gasteiger partial charge in [-0.05, 0) is 43.7 Å². The zero-order valence-corrected chi connectivity index (χ0v) is 21.9. The molecule has 0 amide bonds. The Balaban J connectivity index is 1.70. The quantitative estimate of drug-likeness (QED) is 0.183. The lowest BCUT2D eigenvalue weighted by Crippen LogP contribution is -2.51. The highest BCUT2D eigenvalue weighted by Gasteiger charge is 2.53. The van der Waals surface area contributed by atoms with Crippen LogP contribution in [0.25, 0.3) is 22.3 Å². The van der Waals surface area contributed by atoms with Crippen molar-refractivity contribution in [2.45, 2.75) is 38.2 Å². The second-order valence-corrected chi connectivity index (χ2v) is 10.3. The number of hydrogen-bond donors (Lipinski definition) is 4. The standard InChI is InChI=1S/C29H22N2O10/c1-10(2)41-30-9-13-7-12-6-11-4-5-29(21(11)25(36)16(12)28(39)31-13)26(37)19-20(27(29)38)24(35)18-17(23(19)34)14(32)8-15(40-3)22(18)33/h6-10,36-38H,4-5H2,1-3H3,(H,31,39)/t29-/m0/s1. The molecule has 0 saturated heterocycles. The number of aromatic nitrogens is 1. The number of aromatic hydroxyl groups is 1. The summed E-state index contributed by atoms with van der Waals surface area (Å²) in [5.41, 5.74) is -6.20. The van der Waals surface area contributed by atoms with Crippen LogP contribution in [0.1, 0.15) is 37.1 Å². The topological polar surface area (TPSA) is 193 Å². The van der Waals surface area contributed by atoms with E-state index in [1.807, 2.05) is 0 Å². The normalized spacial score (nSPS) is 17.9. The van der Waals surface area contributed by atoms with Crippen molar-refractivity contribution >= 4 is 28.5 Å². The molecule has 0 saturated carbocycles. The van der Waals surface area contributed by atoms with Gasteiger partial charge in [-0.3, -0.25) is 24.0 Å². The third-order valence-corrected chi connectivity index (χ3v) is 7.74. The molecule has 0 radical (unpaired) electrons. The first-order chi connectivity index (χ1) is 19.4. The number of methoxy groups -OCH3 is 1. The molecule has 1 heterocycles. The Morgan fingerprint density at radius 3 is 2.22 bits per heavy atom. The van der Waals surface area contributed by atoms with Crippen LogP contribution in [0.2, 0.25) is 0 Å². The van der Waals surface area contributed by atoms with Gasteiger partial charge in [-0.25, -0.2) is 0 Å². The highest BCUT2D eigenvalue weighted by molar-refractivity contribution is 5.96. The summed E-state index contributed by atoms with van der Waals surface area (Å²) in [6, 6.07) is 3.94. The van der Waals surface area contributed by atoms with E-state index in [-0.39, 0.29) is 29.9 Å². The van der Waals surface area contributed by atoms with E-state index in [0.29, 0.717) is 16.6 Å². The van der Waals surface area contributed by atoms with Crippen LogP contribution in [0.4, 0.5) is 0 Å². The number of pyridine rings is 1. The van der Waals surface area contributed by atoms with Crippen molar-refractivity contribution in [1.29, 1.82) is 0 Å². The highest BCUT2D eigenvalue weighted by atomic mass is 16.6. The number of hydrogen-bond acceptors (Lipinski definition) is 11. The first-order valence-electron chi connectivity index (χ1n) is 12.6. The van der Waals surface area contributed by atoms with Crippen molar-refractivity contribution in [3.63, 3.8) is 0 Å². The average molecular weight is 558 g/mol. The molecule has 1 aromatic heterocycles. The van der Waals surface area contributed by atoms with E-state index < -0.39 is 76.6 Å². The minimum Gasteiger partial charge on any atom is -0.510 e. The van der Waals surface area contributed by atoms with Gasteiger partial charge in [-0.2, -0.15) is 0 Å². The Morgan fingerprint density at radius 1 is 0.927 bits per heavy atom. The molecule has 12 nitrogen and oxygen atoms in total. The Bertz CT molecular complexity index is 2350. The Labute approximate surface area is 227 Å². The summed E-state index contributed by atoms with van der Waals surface area (Å²) in [7, 11) is 1.12. The third kappa shape index (κ3) is 3.27. The van der Waals surface area contributed by atoms with Crippen LogP contribution in [0.15, 0.2) is 47.3 Å². The molecule has 0 bridgehead atoms. The Hall–Kier alpha value is -5.26. The number of fused-ring (bicyclic) bond motifs is 4. The van der Waals surface area contributed by atoms with Crippen LogP contribution in [0.5, 0.6) is 11.5 Å². The van der Waals surface area contributed by atoms with Gasteiger partial charge in [0.25, 0.3) is 5.56 Å². The number of phenolic OH excluding ortho intramolecular Hbond substituents is 1. The van der Waals surface area contributed by atoms with Gasteiger partial charge in [0.05, 0.1) is 45.3 Å². The molecular formula is C29H22N2O10. The lowest BCUT2D eigenvalue weighted by molar-refractivity contribution is 0.0873. The maximum absolute atomic E-state index is 13.6. The number of nitrogens with zero attached hydrogens (tertiary/aromatic N) is 1. The zero-order chi connectivity index (χ0) is 29.5. The summed E-state index contributed by atoms with van der Waals surface area (Å²) in [4.78, 5) is 73.5.